The Labute approximate surface area is 129 Å². The molecule has 3 aromatic rings. The number of imidazole rings is 1. The molecule has 4 nitrogen and oxygen atoms in total. The molecule has 3 rings (SSSR count). The Hall–Kier alpha value is -2.93. The first kappa shape index (κ1) is 14.0. The highest BCUT2D eigenvalue weighted by molar-refractivity contribution is 5.55. The van der Waals surface area contributed by atoms with Crippen LogP contribution in [0.15, 0.2) is 54.9 Å². The van der Waals surface area contributed by atoms with Crippen LogP contribution in [-0.2, 0) is 12.8 Å². The van der Waals surface area contributed by atoms with Gasteiger partial charge in [-0.2, -0.15) is 5.26 Å². The molecule has 1 aromatic carbocycles. The van der Waals surface area contributed by atoms with Crippen molar-refractivity contribution in [1.29, 1.82) is 5.26 Å². The number of rotatable bonds is 5. The van der Waals surface area contributed by atoms with Crippen LogP contribution in [0.3, 0.4) is 0 Å². The molecule has 0 bridgehead atoms. The second-order valence-corrected chi connectivity index (χ2v) is 5.11. The predicted octanol–water partition coefficient (Wildman–Crippen LogP) is 3.52. The van der Waals surface area contributed by atoms with E-state index in [1.807, 2.05) is 12.3 Å². The van der Waals surface area contributed by atoms with Crippen LogP contribution in [0, 0.1) is 11.3 Å². The third-order valence-corrected chi connectivity index (χ3v) is 3.50. The topological polar surface area (TPSA) is 65.4 Å². The van der Waals surface area contributed by atoms with E-state index in [0.717, 1.165) is 36.5 Å². The molecule has 0 amide bonds. The van der Waals surface area contributed by atoms with Crippen molar-refractivity contribution >= 4 is 0 Å². The van der Waals surface area contributed by atoms with Crippen LogP contribution < -0.4 is 0 Å². The number of aryl methyl sites for hydroxylation is 2. The van der Waals surface area contributed by atoms with Crippen LogP contribution in [0.25, 0.3) is 11.4 Å². The average molecular weight is 288 g/mol. The summed E-state index contributed by atoms with van der Waals surface area (Å²) < 4.78 is 0. The highest BCUT2D eigenvalue weighted by atomic mass is 14.9. The summed E-state index contributed by atoms with van der Waals surface area (Å²) in [7, 11) is 0. The monoisotopic (exact) mass is 288 g/mol. The Balaban J connectivity index is 1.63. The average Bonchev–Trinajstić information content (AvgIpc) is 3.05. The molecule has 0 aliphatic carbocycles. The summed E-state index contributed by atoms with van der Waals surface area (Å²) in [6.07, 6.45) is 6.47. The Morgan fingerprint density at radius 2 is 1.91 bits per heavy atom. The zero-order valence-electron chi connectivity index (χ0n) is 12.2. The smallest absolute Gasteiger partial charge is 0.107 e. The van der Waals surface area contributed by atoms with Gasteiger partial charge in [-0.05, 0) is 30.5 Å². The maximum absolute atomic E-state index is 8.93. The predicted molar refractivity (Wildman–Crippen MR) is 85.0 cm³/mol. The molecule has 0 unspecified atom stereocenters. The molecule has 0 atom stereocenters. The van der Waals surface area contributed by atoms with E-state index >= 15 is 0 Å². The van der Waals surface area contributed by atoms with Crippen molar-refractivity contribution in [3.63, 3.8) is 0 Å². The van der Waals surface area contributed by atoms with Gasteiger partial charge in [-0.1, -0.05) is 30.3 Å². The maximum atomic E-state index is 8.93. The highest BCUT2D eigenvalue weighted by Gasteiger charge is 2.06. The van der Waals surface area contributed by atoms with Gasteiger partial charge in [-0.25, -0.2) is 4.98 Å². The molecule has 2 heterocycles. The van der Waals surface area contributed by atoms with E-state index in [1.165, 1.54) is 5.56 Å². The van der Waals surface area contributed by atoms with E-state index in [2.05, 4.69) is 45.3 Å². The van der Waals surface area contributed by atoms with E-state index in [9.17, 15) is 0 Å². The minimum absolute atomic E-state index is 0.596. The third kappa shape index (κ3) is 3.39. The van der Waals surface area contributed by atoms with Crippen molar-refractivity contribution < 1.29 is 0 Å². The summed E-state index contributed by atoms with van der Waals surface area (Å²) in [5.74, 6) is 0.954. The van der Waals surface area contributed by atoms with Gasteiger partial charge < -0.3 is 4.98 Å². The van der Waals surface area contributed by atoms with Crippen LogP contribution in [-0.4, -0.2) is 15.0 Å². The normalized spacial score (nSPS) is 10.3. The number of hydrogen-bond donors (Lipinski definition) is 1. The van der Waals surface area contributed by atoms with E-state index in [0.29, 0.717) is 5.56 Å². The fourth-order valence-corrected chi connectivity index (χ4v) is 2.37. The first-order valence-electron chi connectivity index (χ1n) is 7.30. The van der Waals surface area contributed by atoms with Crippen molar-refractivity contribution in [3.8, 4) is 17.5 Å². The molecule has 0 saturated heterocycles. The van der Waals surface area contributed by atoms with Crippen LogP contribution >= 0.6 is 0 Å². The van der Waals surface area contributed by atoms with Crippen molar-refractivity contribution in [1.82, 2.24) is 15.0 Å². The summed E-state index contributed by atoms with van der Waals surface area (Å²) in [5.41, 5.74) is 3.45. The Morgan fingerprint density at radius 1 is 1.05 bits per heavy atom. The molecule has 0 spiro atoms. The minimum atomic E-state index is 0.596. The maximum Gasteiger partial charge on any atom is 0.107 e. The lowest BCUT2D eigenvalue weighted by Crippen LogP contribution is -1.92. The Kier molecular flexibility index (Phi) is 4.26. The Bertz CT molecular complexity index is 784. The molecule has 0 aliphatic rings. The second kappa shape index (κ2) is 6.68. The van der Waals surface area contributed by atoms with Gasteiger partial charge in [0, 0.05) is 18.8 Å². The molecule has 22 heavy (non-hydrogen) atoms. The molecule has 0 radical (unpaired) electrons. The molecule has 0 aliphatic heterocycles. The Morgan fingerprint density at radius 3 is 2.73 bits per heavy atom. The van der Waals surface area contributed by atoms with Gasteiger partial charge >= 0.3 is 0 Å². The van der Waals surface area contributed by atoms with E-state index in [-0.39, 0.29) is 0 Å². The number of nitrogens with zero attached hydrogens (tertiary/aromatic N) is 3. The largest absolute Gasteiger partial charge is 0.348 e. The lowest BCUT2D eigenvalue weighted by atomic mass is 10.1. The van der Waals surface area contributed by atoms with Crippen molar-refractivity contribution in [2.24, 2.45) is 0 Å². The van der Waals surface area contributed by atoms with Crippen LogP contribution in [0.2, 0.25) is 0 Å². The van der Waals surface area contributed by atoms with Gasteiger partial charge in [0.1, 0.15) is 11.5 Å². The molecule has 108 valence electrons. The van der Waals surface area contributed by atoms with E-state index < -0.39 is 0 Å². The fraction of sp³-hybridized carbons (Fsp3) is 0.167. The zero-order chi connectivity index (χ0) is 15.2. The summed E-state index contributed by atoms with van der Waals surface area (Å²) in [4.78, 5) is 12.0. The lowest BCUT2D eigenvalue weighted by molar-refractivity contribution is 0.783. The number of hydrogen-bond acceptors (Lipinski definition) is 3. The highest BCUT2D eigenvalue weighted by Crippen LogP contribution is 2.16. The first-order valence-corrected chi connectivity index (χ1v) is 7.30. The van der Waals surface area contributed by atoms with E-state index in [1.54, 1.807) is 18.3 Å². The SMILES string of the molecule is N#Cc1ccnc(-c2c[nH]c(CCCc3ccccc3)n2)c1. The summed E-state index contributed by atoms with van der Waals surface area (Å²) in [5, 5.41) is 8.93. The quantitative estimate of drug-likeness (QED) is 0.781. The number of nitrogens with one attached hydrogen (secondary N) is 1. The number of pyridine rings is 1. The van der Waals surface area contributed by atoms with Crippen LogP contribution in [0.5, 0.6) is 0 Å². The molecule has 0 saturated carbocycles. The number of aromatic amines is 1. The van der Waals surface area contributed by atoms with Crippen LogP contribution in [0.4, 0.5) is 0 Å². The molecule has 4 heteroatoms. The van der Waals surface area contributed by atoms with Gasteiger partial charge in [-0.3, -0.25) is 4.98 Å². The summed E-state index contributed by atoms with van der Waals surface area (Å²) >= 11 is 0. The number of H-pyrrole nitrogens is 1. The second-order valence-electron chi connectivity index (χ2n) is 5.11. The molecule has 1 N–H and O–H groups in total. The number of nitriles is 1. The summed E-state index contributed by atoms with van der Waals surface area (Å²) in [6.45, 7) is 0. The van der Waals surface area contributed by atoms with Crippen molar-refractivity contribution in [2.45, 2.75) is 19.3 Å². The van der Waals surface area contributed by atoms with Gasteiger partial charge in [0.05, 0.1) is 17.3 Å². The number of aromatic nitrogens is 3. The molecule has 0 fully saturated rings. The third-order valence-electron chi connectivity index (χ3n) is 3.50. The van der Waals surface area contributed by atoms with Gasteiger partial charge in [0.15, 0.2) is 0 Å². The van der Waals surface area contributed by atoms with E-state index in [4.69, 9.17) is 5.26 Å². The van der Waals surface area contributed by atoms with Crippen molar-refractivity contribution in [3.05, 3.63) is 71.8 Å². The lowest BCUT2D eigenvalue weighted by Gasteiger charge is -1.99. The standard InChI is InChI=1S/C18H16N4/c19-12-15-9-10-20-16(11-15)17-13-21-18(22-17)8-4-7-14-5-2-1-3-6-14/h1-3,5-6,9-11,13H,4,7-8H2,(H,21,22). The molecular formula is C18H16N4. The minimum Gasteiger partial charge on any atom is -0.348 e. The molecule has 2 aromatic heterocycles. The van der Waals surface area contributed by atoms with Gasteiger partial charge in [-0.15, -0.1) is 0 Å². The zero-order valence-corrected chi connectivity index (χ0v) is 12.2. The fourth-order valence-electron chi connectivity index (χ4n) is 2.37. The van der Waals surface area contributed by atoms with Gasteiger partial charge in [0.2, 0.25) is 0 Å². The van der Waals surface area contributed by atoms with Crippen molar-refractivity contribution in [2.75, 3.05) is 0 Å². The van der Waals surface area contributed by atoms with Crippen LogP contribution in [0.1, 0.15) is 23.4 Å². The number of benzene rings is 1. The first-order chi connectivity index (χ1) is 10.8. The summed E-state index contributed by atoms with van der Waals surface area (Å²) in [6, 6.07) is 16.0. The molecular weight excluding hydrogens is 272 g/mol. The van der Waals surface area contributed by atoms with Gasteiger partial charge in [0.25, 0.3) is 0 Å².